The monoisotopic (exact) mass is 380 g/mol. The summed E-state index contributed by atoms with van der Waals surface area (Å²) in [6.07, 6.45) is 1.63. The summed E-state index contributed by atoms with van der Waals surface area (Å²) >= 11 is 11.9. The number of hydrogen-bond acceptors (Lipinski definition) is 3. The third-order valence-electron chi connectivity index (χ3n) is 3.17. The van der Waals surface area contributed by atoms with Crippen LogP contribution in [0.1, 0.15) is 26.3 Å². The van der Waals surface area contributed by atoms with Gasteiger partial charge in [0.2, 0.25) is 15.9 Å². The van der Waals surface area contributed by atoms with Crippen LogP contribution < -0.4 is 5.32 Å². The fraction of sp³-hybridized carbons (Fsp3) is 0.533. The largest absolute Gasteiger partial charge is 0.355 e. The lowest BCUT2D eigenvalue weighted by Gasteiger charge is -2.32. The van der Waals surface area contributed by atoms with Crippen LogP contribution in [0.5, 0.6) is 0 Å². The van der Waals surface area contributed by atoms with Gasteiger partial charge in [0, 0.05) is 22.1 Å². The number of carbonyl (C=O) groups is 1. The maximum atomic E-state index is 12.0. The molecule has 8 heteroatoms. The predicted molar refractivity (Wildman–Crippen MR) is 94.5 cm³/mol. The highest BCUT2D eigenvalue weighted by Gasteiger charge is 2.31. The Morgan fingerprint density at radius 1 is 1.26 bits per heavy atom. The number of nitrogens with one attached hydrogen (secondary N) is 1. The molecule has 0 radical (unpaired) electrons. The average Bonchev–Trinajstić information content (AvgIpc) is 2.36. The van der Waals surface area contributed by atoms with E-state index in [0.29, 0.717) is 23.0 Å². The Balaban J connectivity index is 2.60. The van der Waals surface area contributed by atoms with E-state index in [1.807, 2.05) is 0 Å². The molecule has 0 aromatic heterocycles. The zero-order valence-electron chi connectivity index (χ0n) is 13.7. The number of rotatable bonds is 6. The number of carbonyl (C=O) groups excluding carboxylic acids is 1. The van der Waals surface area contributed by atoms with Crippen molar-refractivity contribution in [2.75, 3.05) is 19.3 Å². The van der Waals surface area contributed by atoms with Crippen LogP contribution in [0.2, 0.25) is 10.0 Å². The first kappa shape index (κ1) is 20.2. The highest BCUT2D eigenvalue weighted by atomic mass is 35.5. The van der Waals surface area contributed by atoms with Gasteiger partial charge in [0.05, 0.1) is 12.8 Å². The van der Waals surface area contributed by atoms with Crippen molar-refractivity contribution in [3.63, 3.8) is 0 Å². The zero-order chi connectivity index (χ0) is 17.8. The number of halogens is 2. The number of amides is 1. The van der Waals surface area contributed by atoms with Gasteiger partial charge in [-0.2, -0.15) is 4.31 Å². The SMILES string of the molecule is CC(C)(C)N(CC(=O)NCCc1ccc(Cl)cc1Cl)S(C)(=O)=O. The second kappa shape index (κ2) is 7.83. The lowest BCUT2D eigenvalue weighted by molar-refractivity contribution is -0.121. The smallest absolute Gasteiger partial charge is 0.235 e. The van der Waals surface area contributed by atoms with Crippen LogP contribution in [0.15, 0.2) is 18.2 Å². The fourth-order valence-electron chi connectivity index (χ4n) is 2.10. The Hall–Kier alpha value is -0.820. The van der Waals surface area contributed by atoms with E-state index in [1.165, 1.54) is 4.31 Å². The van der Waals surface area contributed by atoms with Gasteiger partial charge in [0.1, 0.15) is 0 Å². The van der Waals surface area contributed by atoms with E-state index >= 15 is 0 Å². The zero-order valence-corrected chi connectivity index (χ0v) is 16.0. The molecule has 130 valence electrons. The van der Waals surface area contributed by atoms with E-state index in [-0.39, 0.29) is 12.5 Å². The van der Waals surface area contributed by atoms with Crippen LogP contribution in [0.25, 0.3) is 0 Å². The number of nitrogens with zero attached hydrogens (tertiary/aromatic N) is 1. The lowest BCUT2D eigenvalue weighted by atomic mass is 10.1. The molecule has 1 rings (SSSR count). The summed E-state index contributed by atoms with van der Waals surface area (Å²) in [5, 5.41) is 3.80. The molecule has 0 aliphatic carbocycles. The van der Waals surface area contributed by atoms with Crippen LogP contribution in [0, 0.1) is 0 Å². The van der Waals surface area contributed by atoms with Gasteiger partial charge in [-0.05, 0) is 44.9 Å². The second-order valence-corrected chi connectivity index (χ2v) is 9.03. The number of benzene rings is 1. The maximum Gasteiger partial charge on any atom is 0.235 e. The molecule has 0 fully saturated rings. The summed E-state index contributed by atoms with van der Waals surface area (Å²) in [4.78, 5) is 12.0. The van der Waals surface area contributed by atoms with Gasteiger partial charge in [-0.3, -0.25) is 4.79 Å². The van der Waals surface area contributed by atoms with Crippen LogP contribution in [0.4, 0.5) is 0 Å². The van der Waals surface area contributed by atoms with Crippen molar-refractivity contribution >= 4 is 39.1 Å². The normalized spacial score (nSPS) is 12.5. The van der Waals surface area contributed by atoms with Gasteiger partial charge in [0.25, 0.3) is 0 Å². The van der Waals surface area contributed by atoms with Crippen molar-refractivity contribution in [1.29, 1.82) is 0 Å². The summed E-state index contributed by atoms with van der Waals surface area (Å²) in [5.74, 6) is -0.351. The molecule has 1 amide bonds. The Labute approximate surface area is 148 Å². The molecule has 0 spiro atoms. The molecule has 0 saturated carbocycles. The highest BCUT2D eigenvalue weighted by molar-refractivity contribution is 7.88. The quantitative estimate of drug-likeness (QED) is 0.824. The average molecular weight is 381 g/mol. The molecule has 0 bridgehead atoms. The van der Waals surface area contributed by atoms with E-state index in [1.54, 1.807) is 39.0 Å². The second-order valence-electron chi connectivity index (χ2n) is 6.28. The Kier molecular flexibility index (Phi) is 6.89. The van der Waals surface area contributed by atoms with Gasteiger partial charge in [-0.1, -0.05) is 29.3 Å². The highest BCUT2D eigenvalue weighted by Crippen LogP contribution is 2.21. The van der Waals surface area contributed by atoms with Crippen LogP contribution in [-0.2, 0) is 21.2 Å². The van der Waals surface area contributed by atoms with Crippen molar-refractivity contribution < 1.29 is 13.2 Å². The van der Waals surface area contributed by atoms with Crippen molar-refractivity contribution in [2.45, 2.75) is 32.7 Å². The first-order valence-electron chi connectivity index (χ1n) is 7.09. The minimum Gasteiger partial charge on any atom is -0.355 e. The van der Waals surface area contributed by atoms with E-state index in [2.05, 4.69) is 5.32 Å². The molecule has 23 heavy (non-hydrogen) atoms. The minimum absolute atomic E-state index is 0.212. The molecule has 0 saturated heterocycles. The van der Waals surface area contributed by atoms with E-state index in [0.717, 1.165) is 11.8 Å². The fourth-order valence-corrected chi connectivity index (χ4v) is 3.95. The summed E-state index contributed by atoms with van der Waals surface area (Å²) in [7, 11) is -3.47. The summed E-state index contributed by atoms with van der Waals surface area (Å²) in [6, 6.07) is 5.18. The first-order valence-corrected chi connectivity index (χ1v) is 9.70. The standard InChI is InChI=1S/C15H22Cl2N2O3S/c1-15(2,3)19(23(4,21)22)10-14(20)18-8-7-11-5-6-12(16)9-13(11)17/h5-6,9H,7-8,10H2,1-4H3,(H,18,20). The predicted octanol–water partition coefficient (Wildman–Crippen LogP) is 2.71. The van der Waals surface area contributed by atoms with Crippen molar-refractivity contribution in [2.24, 2.45) is 0 Å². The molecule has 0 atom stereocenters. The third-order valence-corrected chi connectivity index (χ3v) is 5.23. The Morgan fingerprint density at radius 3 is 2.35 bits per heavy atom. The molecule has 5 nitrogen and oxygen atoms in total. The molecular formula is C15H22Cl2N2O3S. The number of hydrogen-bond donors (Lipinski definition) is 1. The molecule has 0 unspecified atom stereocenters. The van der Waals surface area contributed by atoms with Crippen molar-refractivity contribution in [3.8, 4) is 0 Å². The molecule has 0 heterocycles. The molecule has 1 aromatic carbocycles. The summed E-state index contributed by atoms with van der Waals surface area (Å²) < 4.78 is 24.8. The van der Waals surface area contributed by atoms with Gasteiger partial charge >= 0.3 is 0 Å². The van der Waals surface area contributed by atoms with Crippen LogP contribution in [-0.4, -0.2) is 43.5 Å². The topological polar surface area (TPSA) is 66.5 Å². The van der Waals surface area contributed by atoms with Crippen molar-refractivity contribution in [1.82, 2.24) is 9.62 Å². The molecule has 1 N–H and O–H groups in total. The summed E-state index contributed by atoms with van der Waals surface area (Å²) in [6.45, 7) is 5.39. The van der Waals surface area contributed by atoms with Gasteiger partial charge < -0.3 is 5.32 Å². The number of sulfonamides is 1. The molecular weight excluding hydrogens is 359 g/mol. The lowest BCUT2D eigenvalue weighted by Crippen LogP contribution is -2.50. The summed E-state index contributed by atoms with van der Waals surface area (Å²) in [5.41, 5.74) is 0.205. The van der Waals surface area contributed by atoms with Crippen LogP contribution >= 0.6 is 23.2 Å². The Morgan fingerprint density at radius 2 is 1.87 bits per heavy atom. The first-order chi connectivity index (χ1) is 10.4. The van der Waals surface area contributed by atoms with Gasteiger partial charge in [-0.25, -0.2) is 8.42 Å². The van der Waals surface area contributed by atoms with E-state index in [4.69, 9.17) is 23.2 Å². The van der Waals surface area contributed by atoms with E-state index < -0.39 is 15.6 Å². The van der Waals surface area contributed by atoms with Crippen molar-refractivity contribution in [3.05, 3.63) is 33.8 Å². The molecule has 0 aliphatic heterocycles. The molecule has 0 aliphatic rings. The van der Waals surface area contributed by atoms with Gasteiger partial charge in [0.15, 0.2) is 0 Å². The minimum atomic E-state index is -3.47. The van der Waals surface area contributed by atoms with E-state index in [9.17, 15) is 13.2 Å². The van der Waals surface area contributed by atoms with Crippen LogP contribution in [0.3, 0.4) is 0 Å². The third kappa shape index (κ3) is 6.67. The Bertz CT molecular complexity index is 670. The molecule has 1 aromatic rings. The van der Waals surface area contributed by atoms with Gasteiger partial charge in [-0.15, -0.1) is 0 Å². The maximum absolute atomic E-state index is 12.0.